The molecule has 4 N–H and O–H groups in total. The van der Waals surface area contributed by atoms with Gasteiger partial charge >= 0.3 is 5.97 Å². The molecule has 0 atom stereocenters. The van der Waals surface area contributed by atoms with Gasteiger partial charge in [-0.25, -0.2) is 4.79 Å². The maximum Gasteiger partial charge on any atom is 0.338 e. The van der Waals surface area contributed by atoms with Crippen LogP contribution in [0.25, 0.3) is 0 Å². The van der Waals surface area contributed by atoms with E-state index >= 15 is 0 Å². The van der Waals surface area contributed by atoms with Gasteiger partial charge < -0.3 is 16.2 Å². The minimum atomic E-state index is -0.490. The molecule has 0 saturated heterocycles. The molecular weight excluding hydrogens is 268 g/mol. The average molecular weight is 284 g/mol. The van der Waals surface area contributed by atoms with Crippen molar-refractivity contribution in [3.8, 4) is 0 Å². The van der Waals surface area contributed by atoms with Gasteiger partial charge in [-0.3, -0.25) is 4.79 Å². The highest BCUT2D eigenvalue weighted by atomic mass is 16.5. The molecule has 21 heavy (non-hydrogen) atoms. The molecule has 0 unspecified atom stereocenters. The molecule has 108 valence electrons. The normalized spacial score (nSPS) is 10.1. The number of nitrogens with two attached hydrogens (primary N) is 2. The summed E-state index contributed by atoms with van der Waals surface area (Å²) in [6.07, 6.45) is 0. The first kappa shape index (κ1) is 14.6. The third kappa shape index (κ3) is 3.60. The molecule has 5 heteroatoms. The van der Waals surface area contributed by atoms with Crippen molar-refractivity contribution in [2.75, 3.05) is 5.73 Å². The number of amides is 1. The van der Waals surface area contributed by atoms with Gasteiger partial charge in [0.15, 0.2) is 0 Å². The van der Waals surface area contributed by atoms with E-state index in [1.165, 1.54) is 0 Å². The van der Waals surface area contributed by atoms with E-state index in [1.807, 2.05) is 0 Å². The number of primary amides is 1. The second-order valence-electron chi connectivity index (χ2n) is 4.71. The van der Waals surface area contributed by atoms with Crippen molar-refractivity contribution in [2.24, 2.45) is 5.73 Å². The van der Waals surface area contributed by atoms with Crippen LogP contribution < -0.4 is 11.5 Å². The Bertz CT molecular complexity index is 678. The van der Waals surface area contributed by atoms with Crippen molar-refractivity contribution in [1.29, 1.82) is 0 Å². The van der Waals surface area contributed by atoms with Gasteiger partial charge in [0.1, 0.15) is 6.61 Å². The fourth-order valence-corrected chi connectivity index (χ4v) is 1.91. The molecule has 0 aliphatic heterocycles. The Morgan fingerprint density at radius 1 is 1.10 bits per heavy atom. The van der Waals surface area contributed by atoms with Gasteiger partial charge in [0.2, 0.25) is 5.91 Å². The molecule has 2 aromatic carbocycles. The highest BCUT2D eigenvalue weighted by molar-refractivity contribution is 5.93. The van der Waals surface area contributed by atoms with Crippen LogP contribution in [0.2, 0.25) is 0 Å². The molecule has 5 nitrogen and oxygen atoms in total. The lowest BCUT2D eigenvalue weighted by Gasteiger charge is -2.08. The molecule has 0 aromatic heterocycles. The first-order chi connectivity index (χ1) is 9.97. The summed E-state index contributed by atoms with van der Waals surface area (Å²) in [7, 11) is 0. The fourth-order valence-electron chi connectivity index (χ4n) is 1.91. The number of nitrogen functional groups attached to an aromatic ring is 1. The number of ether oxygens (including phenoxy) is 1. The molecule has 0 aliphatic rings. The van der Waals surface area contributed by atoms with E-state index < -0.39 is 11.9 Å². The van der Waals surface area contributed by atoms with Gasteiger partial charge in [-0.2, -0.15) is 0 Å². The number of carbonyl (C=O) groups is 2. The summed E-state index contributed by atoms with van der Waals surface area (Å²) >= 11 is 0. The fraction of sp³-hybridized carbons (Fsp3) is 0.125. The van der Waals surface area contributed by atoms with Crippen LogP contribution in [0.1, 0.15) is 31.8 Å². The Hall–Kier alpha value is -2.82. The standard InChI is InChI=1S/C16H16N2O3/c1-10-8-13(17)6-7-14(10)16(20)21-9-11-2-4-12(5-3-11)15(18)19/h2-8H,9,17H2,1H3,(H2,18,19). The lowest BCUT2D eigenvalue weighted by molar-refractivity contribution is 0.0471. The van der Waals surface area contributed by atoms with E-state index in [9.17, 15) is 9.59 Å². The number of hydrogen-bond donors (Lipinski definition) is 2. The minimum Gasteiger partial charge on any atom is -0.457 e. The molecule has 0 aliphatic carbocycles. The van der Waals surface area contributed by atoms with Crippen molar-refractivity contribution < 1.29 is 14.3 Å². The van der Waals surface area contributed by atoms with Gasteiger partial charge in [-0.1, -0.05) is 12.1 Å². The molecule has 0 heterocycles. The zero-order chi connectivity index (χ0) is 15.4. The van der Waals surface area contributed by atoms with Crippen molar-refractivity contribution >= 4 is 17.6 Å². The first-order valence-electron chi connectivity index (χ1n) is 6.39. The molecule has 2 aromatic rings. The van der Waals surface area contributed by atoms with Crippen molar-refractivity contribution in [3.63, 3.8) is 0 Å². The van der Waals surface area contributed by atoms with E-state index in [4.69, 9.17) is 16.2 Å². The van der Waals surface area contributed by atoms with E-state index in [0.717, 1.165) is 11.1 Å². The lowest BCUT2D eigenvalue weighted by atomic mass is 10.1. The quantitative estimate of drug-likeness (QED) is 0.663. The molecule has 0 saturated carbocycles. The predicted octanol–water partition coefficient (Wildman–Crippen LogP) is 2.03. The lowest BCUT2D eigenvalue weighted by Crippen LogP contribution is -2.11. The zero-order valence-electron chi connectivity index (χ0n) is 11.6. The molecule has 0 radical (unpaired) electrons. The van der Waals surface area contributed by atoms with E-state index in [-0.39, 0.29) is 6.61 Å². The first-order valence-corrected chi connectivity index (χ1v) is 6.39. The molecule has 1 amide bonds. The van der Waals surface area contributed by atoms with Gasteiger partial charge in [-0.05, 0) is 48.4 Å². The smallest absolute Gasteiger partial charge is 0.338 e. The van der Waals surface area contributed by atoms with Crippen molar-refractivity contribution in [1.82, 2.24) is 0 Å². The Morgan fingerprint density at radius 3 is 2.33 bits per heavy atom. The second-order valence-corrected chi connectivity index (χ2v) is 4.71. The third-order valence-electron chi connectivity index (χ3n) is 3.08. The number of esters is 1. The molecular formula is C16H16N2O3. The van der Waals surface area contributed by atoms with E-state index in [0.29, 0.717) is 16.8 Å². The second kappa shape index (κ2) is 6.09. The van der Waals surface area contributed by atoms with Gasteiger partial charge in [0.25, 0.3) is 0 Å². The maximum atomic E-state index is 12.0. The summed E-state index contributed by atoms with van der Waals surface area (Å²) in [5, 5.41) is 0. The van der Waals surface area contributed by atoms with Crippen molar-refractivity contribution in [3.05, 3.63) is 64.7 Å². The highest BCUT2D eigenvalue weighted by Gasteiger charge is 2.11. The van der Waals surface area contributed by atoms with Crippen LogP contribution in [0, 0.1) is 6.92 Å². The van der Waals surface area contributed by atoms with Crippen LogP contribution in [-0.2, 0) is 11.3 Å². The average Bonchev–Trinajstić information content (AvgIpc) is 2.45. The zero-order valence-corrected chi connectivity index (χ0v) is 11.6. The number of anilines is 1. The van der Waals surface area contributed by atoms with Gasteiger partial charge in [0.05, 0.1) is 5.56 Å². The minimum absolute atomic E-state index is 0.127. The Kier molecular flexibility index (Phi) is 4.23. The molecule has 0 bridgehead atoms. The van der Waals surface area contributed by atoms with Crippen LogP contribution in [0.4, 0.5) is 5.69 Å². The summed E-state index contributed by atoms with van der Waals surface area (Å²) in [5.41, 5.74) is 13.8. The monoisotopic (exact) mass is 284 g/mol. The van der Waals surface area contributed by atoms with Crippen LogP contribution in [0.5, 0.6) is 0 Å². The maximum absolute atomic E-state index is 12.0. The van der Waals surface area contributed by atoms with E-state index in [1.54, 1.807) is 49.4 Å². The Morgan fingerprint density at radius 2 is 1.76 bits per heavy atom. The number of aryl methyl sites for hydroxylation is 1. The molecule has 0 spiro atoms. The number of hydrogen-bond acceptors (Lipinski definition) is 4. The van der Waals surface area contributed by atoms with Gasteiger partial charge in [-0.15, -0.1) is 0 Å². The van der Waals surface area contributed by atoms with Crippen LogP contribution in [0.15, 0.2) is 42.5 Å². The van der Waals surface area contributed by atoms with Crippen LogP contribution >= 0.6 is 0 Å². The Labute approximate surface area is 122 Å². The summed E-state index contributed by atoms with van der Waals surface area (Å²) in [4.78, 5) is 22.9. The van der Waals surface area contributed by atoms with Crippen LogP contribution in [0.3, 0.4) is 0 Å². The molecule has 2 rings (SSSR count). The topological polar surface area (TPSA) is 95.4 Å². The van der Waals surface area contributed by atoms with Crippen LogP contribution in [-0.4, -0.2) is 11.9 Å². The summed E-state index contributed by atoms with van der Waals surface area (Å²) in [6.45, 7) is 1.93. The Balaban J connectivity index is 2.02. The summed E-state index contributed by atoms with van der Waals surface area (Å²) in [6, 6.07) is 11.6. The SMILES string of the molecule is Cc1cc(N)ccc1C(=O)OCc1ccc(C(N)=O)cc1. The summed E-state index contributed by atoms with van der Waals surface area (Å²) < 4.78 is 5.24. The highest BCUT2D eigenvalue weighted by Crippen LogP contribution is 2.14. The number of benzene rings is 2. The number of carbonyl (C=O) groups excluding carboxylic acids is 2. The largest absolute Gasteiger partial charge is 0.457 e. The summed E-state index contributed by atoms with van der Waals surface area (Å²) in [5.74, 6) is -0.900. The van der Waals surface area contributed by atoms with Gasteiger partial charge in [0, 0.05) is 11.3 Å². The predicted molar refractivity (Wildman–Crippen MR) is 79.7 cm³/mol. The number of rotatable bonds is 4. The third-order valence-corrected chi connectivity index (χ3v) is 3.08. The van der Waals surface area contributed by atoms with Crippen molar-refractivity contribution in [2.45, 2.75) is 13.5 Å². The van der Waals surface area contributed by atoms with E-state index in [2.05, 4.69) is 0 Å². The molecule has 0 fully saturated rings.